The van der Waals surface area contributed by atoms with E-state index in [-0.39, 0.29) is 35.5 Å². The topological polar surface area (TPSA) is 59.6 Å². The van der Waals surface area contributed by atoms with Crippen molar-refractivity contribution in [2.45, 2.75) is 31.6 Å². The lowest BCUT2D eigenvalue weighted by atomic mass is 9.81. The van der Waals surface area contributed by atoms with Gasteiger partial charge in [-0.05, 0) is 25.0 Å². The summed E-state index contributed by atoms with van der Waals surface area (Å²) in [5, 5.41) is 5.97. The molecule has 23 heavy (non-hydrogen) atoms. The van der Waals surface area contributed by atoms with E-state index in [2.05, 4.69) is 15.4 Å². The molecule has 1 aromatic carbocycles. The second kappa shape index (κ2) is 6.66. The van der Waals surface area contributed by atoms with Gasteiger partial charge in [0.2, 0.25) is 5.91 Å². The average molecular weight is 330 g/mol. The molecule has 0 atom stereocenters. The molecule has 8 heteroatoms. The number of carbonyl (C=O) groups excluding carboxylic acids is 1. The average Bonchev–Trinajstić information content (AvgIpc) is 2.39. The molecule has 0 radical (unpaired) electrons. The molecule has 3 rings (SSSR count). The highest BCUT2D eigenvalue weighted by molar-refractivity contribution is 5.80. The number of alkyl halides is 2. The molecule has 2 N–H and O–H groups in total. The van der Waals surface area contributed by atoms with E-state index in [4.69, 9.17) is 4.74 Å². The highest BCUT2D eigenvalue weighted by Gasteiger charge is 2.37. The van der Waals surface area contributed by atoms with Crippen LogP contribution in [0.25, 0.3) is 0 Å². The molecule has 126 valence electrons. The number of ether oxygens (including phenoxy) is 2. The monoisotopic (exact) mass is 330 g/mol. The maximum atomic E-state index is 13.3. The van der Waals surface area contributed by atoms with Gasteiger partial charge in [0.25, 0.3) is 0 Å². The Kier molecular flexibility index (Phi) is 4.61. The minimum absolute atomic E-state index is 0.0281. The lowest BCUT2D eigenvalue weighted by Crippen LogP contribution is -2.59. The van der Waals surface area contributed by atoms with Gasteiger partial charge in [0.05, 0.1) is 6.04 Å². The Morgan fingerprint density at radius 3 is 2.61 bits per heavy atom. The van der Waals surface area contributed by atoms with E-state index in [1.165, 1.54) is 0 Å². The molecule has 0 spiro atoms. The van der Waals surface area contributed by atoms with Crippen LogP contribution in [-0.2, 0) is 4.79 Å². The van der Waals surface area contributed by atoms with Crippen LogP contribution >= 0.6 is 0 Å². The minimum Gasteiger partial charge on any atom is -0.486 e. The van der Waals surface area contributed by atoms with Gasteiger partial charge in [0.15, 0.2) is 11.5 Å². The van der Waals surface area contributed by atoms with Gasteiger partial charge in [-0.1, -0.05) is 0 Å². The number of hydrogen-bond acceptors (Lipinski definition) is 4. The Morgan fingerprint density at radius 1 is 1.26 bits per heavy atom. The normalized spacial score (nSPS) is 23.8. The van der Waals surface area contributed by atoms with E-state index in [1.54, 1.807) is 0 Å². The van der Waals surface area contributed by atoms with Gasteiger partial charge in [-0.2, -0.15) is 8.78 Å². The SMILES string of the molecule is O=C(NC1CNC1)C1CC(Oc2cc(F)ccc2OC(F)F)C1. The molecule has 0 bridgehead atoms. The maximum absolute atomic E-state index is 13.3. The molecule has 1 amide bonds. The maximum Gasteiger partial charge on any atom is 0.387 e. The first-order valence-corrected chi connectivity index (χ1v) is 7.43. The molecular weight excluding hydrogens is 313 g/mol. The molecule has 1 aromatic rings. The lowest BCUT2D eigenvalue weighted by molar-refractivity contribution is -0.131. The summed E-state index contributed by atoms with van der Waals surface area (Å²) >= 11 is 0. The number of halogens is 3. The van der Waals surface area contributed by atoms with E-state index >= 15 is 0 Å². The van der Waals surface area contributed by atoms with Gasteiger partial charge in [-0.15, -0.1) is 0 Å². The van der Waals surface area contributed by atoms with Crippen LogP contribution in [0.3, 0.4) is 0 Å². The molecular formula is C15H17F3N2O3. The van der Waals surface area contributed by atoms with E-state index in [0.717, 1.165) is 31.3 Å². The Balaban J connectivity index is 1.52. The standard InChI is InChI=1S/C15H17F3N2O3/c16-9-1-2-12(23-15(17)18)13(5-9)22-11-3-8(4-11)14(21)20-10-6-19-7-10/h1-2,5,8,10-11,15,19H,3-4,6-7H2,(H,20,21). The molecule has 1 saturated heterocycles. The molecule has 0 aromatic heterocycles. The summed E-state index contributed by atoms with van der Waals surface area (Å²) in [5.74, 6) is -1.08. The zero-order chi connectivity index (χ0) is 16.4. The molecule has 1 heterocycles. The second-order valence-corrected chi connectivity index (χ2v) is 5.74. The Hall–Kier alpha value is -1.96. The first kappa shape index (κ1) is 15.9. The molecule has 2 aliphatic rings. The van der Waals surface area contributed by atoms with Gasteiger partial charge >= 0.3 is 6.61 Å². The van der Waals surface area contributed by atoms with Crippen molar-refractivity contribution in [2.75, 3.05) is 13.1 Å². The molecule has 1 saturated carbocycles. The summed E-state index contributed by atoms with van der Waals surface area (Å²) in [5.41, 5.74) is 0. The van der Waals surface area contributed by atoms with Crippen molar-refractivity contribution in [3.63, 3.8) is 0 Å². The van der Waals surface area contributed by atoms with Crippen LogP contribution < -0.4 is 20.1 Å². The quantitative estimate of drug-likeness (QED) is 0.833. The first-order valence-electron chi connectivity index (χ1n) is 7.43. The summed E-state index contributed by atoms with van der Waals surface area (Å²) in [7, 11) is 0. The van der Waals surface area contributed by atoms with Crippen LogP contribution in [0.5, 0.6) is 11.5 Å². The van der Waals surface area contributed by atoms with Crippen molar-refractivity contribution in [1.82, 2.24) is 10.6 Å². The van der Waals surface area contributed by atoms with Crippen LogP contribution in [-0.4, -0.2) is 37.8 Å². The van der Waals surface area contributed by atoms with E-state index in [9.17, 15) is 18.0 Å². The Morgan fingerprint density at radius 2 is 2.00 bits per heavy atom. The van der Waals surface area contributed by atoms with Crippen LogP contribution in [0.1, 0.15) is 12.8 Å². The number of nitrogens with one attached hydrogen (secondary N) is 2. The number of amides is 1. The summed E-state index contributed by atoms with van der Waals surface area (Å²) in [6.07, 6.45) is 0.625. The number of benzene rings is 1. The van der Waals surface area contributed by atoms with Gasteiger partial charge in [-0.25, -0.2) is 4.39 Å². The summed E-state index contributed by atoms with van der Waals surface area (Å²) in [6, 6.07) is 3.31. The van der Waals surface area contributed by atoms with Crippen molar-refractivity contribution in [2.24, 2.45) is 5.92 Å². The van der Waals surface area contributed by atoms with Crippen LogP contribution in [0.4, 0.5) is 13.2 Å². The van der Waals surface area contributed by atoms with Crippen molar-refractivity contribution < 1.29 is 27.4 Å². The summed E-state index contributed by atoms with van der Waals surface area (Å²) in [4.78, 5) is 11.9. The fraction of sp³-hybridized carbons (Fsp3) is 0.533. The van der Waals surface area contributed by atoms with E-state index in [0.29, 0.717) is 12.8 Å². The van der Waals surface area contributed by atoms with Gasteiger partial charge in [-0.3, -0.25) is 4.79 Å². The van der Waals surface area contributed by atoms with Gasteiger partial charge in [0.1, 0.15) is 11.9 Å². The Labute approximate surface area is 131 Å². The highest BCUT2D eigenvalue weighted by Crippen LogP contribution is 2.36. The van der Waals surface area contributed by atoms with Crippen LogP contribution in [0, 0.1) is 11.7 Å². The largest absolute Gasteiger partial charge is 0.486 e. The highest BCUT2D eigenvalue weighted by atomic mass is 19.3. The lowest BCUT2D eigenvalue weighted by Gasteiger charge is -2.37. The smallest absolute Gasteiger partial charge is 0.387 e. The van der Waals surface area contributed by atoms with Crippen molar-refractivity contribution >= 4 is 5.91 Å². The van der Waals surface area contributed by atoms with E-state index in [1.807, 2.05) is 0 Å². The third-order valence-corrected chi connectivity index (χ3v) is 4.01. The van der Waals surface area contributed by atoms with Crippen LogP contribution in [0.2, 0.25) is 0 Å². The molecule has 2 fully saturated rings. The predicted octanol–water partition coefficient (Wildman–Crippen LogP) is 1.67. The third kappa shape index (κ3) is 3.87. The first-order chi connectivity index (χ1) is 11.0. The second-order valence-electron chi connectivity index (χ2n) is 5.74. The molecule has 0 unspecified atom stereocenters. The fourth-order valence-electron chi connectivity index (χ4n) is 2.53. The van der Waals surface area contributed by atoms with Crippen molar-refractivity contribution in [1.29, 1.82) is 0 Å². The van der Waals surface area contributed by atoms with Crippen LogP contribution in [0.15, 0.2) is 18.2 Å². The molecule has 1 aliphatic carbocycles. The summed E-state index contributed by atoms with van der Waals surface area (Å²) < 4.78 is 47.7. The zero-order valence-electron chi connectivity index (χ0n) is 12.2. The van der Waals surface area contributed by atoms with Gasteiger partial charge < -0.3 is 20.1 Å². The molecule has 1 aliphatic heterocycles. The van der Waals surface area contributed by atoms with E-state index < -0.39 is 12.4 Å². The van der Waals surface area contributed by atoms with Gasteiger partial charge in [0, 0.05) is 25.1 Å². The zero-order valence-corrected chi connectivity index (χ0v) is 12.2. The minimum atomic E-state index is -3.01. The fourth-order valence-corrected chi connectivity index (χ4v) is 2.53. The summed E-state index contributed by atoms with van der Waals surface area (Å²) in [6.45, 7) is -1.47. The third-order valence-electron chi connectivity index (χ3n) is 4.01. The molecule has 5 nitrogen and oxygen atoms in total. The predicted molar refractivity (Wildman–Crippen MR) is 75.0 cm³/mol. The number of rotatable bonds is 6. The Bertz CT molecular complexity index is 575. The number of hydrogen-bond donors (Lipinski definition) is 2. The van der Waals surface area contributed by atoms with Crippen molar-refractivity contribution in [3.05, 3.63) is 24.0 Å². The number of carbonyl (C=O) groups is 1. The van der Waals surface area contributed by atoms with Crippen molar-refractivity contribution in [3.8, 4) is 11.5 Å².